The van der Waals surface area contributed by atoms with Gasteiger partial charge < -0.3 is 19.7 Å². The number of hydrogen-bond donors (Lipinski definition) is 2. The molecule has 0 radical (unpaired) electrons. The summed E-state index contributed by atoms with van der Waals surface area (Å²) < 4.78 is 79.9. The Morgan fingerprint density at radius 1 is 1.14 bits per heavy atom. The molecule has 2 aromatic heterocycles. The van der Waals surface area contributed by atoms with Gasteiger partial charge in [-0.05, 0) is 37.3 Å². The van der Waals surface area contributed by atoms with Crippen LogP contribution in [0.3, 0.4) is 0 Å². The fourth-order valence-corrected chi connectivity index (χ4v) is 5.02. The van der Waals surface area contributed by atoms with Crippen molar-refractivity contribution in [2.24, 2.45) is 7.05 Å². The number of anilines is 1. The molecular weight excluding hydrogens is 515 g/mol. The van der Waals surface area contributed by atoms with Gasteiger partial charge in [0.1, 0.15) is 0 Å². The van der Waals surface area contributed by atoms with E-state index in [4.69, 9.17) is 4.74 Å². The molecule has 0 fully saturated rings. The van der Waals surface area contributed by atoms with Crippen LogP contribution in [0.1, 0.15) is 17.3 Å². The normalized spacial score (nSPS) is 14.4. The van der Waals surface area contributed by atoms with Gasteiger partial charge in [0, 0.05) is 47.5 Å². The zero-order valence-corrected chi connectivity index (χ0v) is 20.8. The molecule has 4 rings (SSSR count). The van der Waals surface area contributed by atoms with Crippen LogP contribution >= 0.6 is 11.8 Å². The van der Waals surface area contributed by atoms with E-state index in [2.05, 4.69) is 15.3 Å². The second-order valence-corrected chi connectivity index (χ2v) is 9.36. The lowest BCUT2D eigenvalue weighted by molar-refractivity contribution is -0.256. The average Bonchev–Trinajstić information content (AvgIpc) is 3.25. The Labute approximate surface area is 213 Å². The molecule has 2 heterocycles. The fraction of sp³-hybridized carbons (Fsp3) is 0.280. The number of rotatable bonds is 8. The van der Waals surface area contributed by atoms with Gasteiger partial charge in [0.25, 0.3) is 0 Å². The highest BCUT2D eigenvalue weighted by Crippen LogP contribution is 2.47. The number of aryl methyl sites for hydroxylation is 2. The Kier molecular flexibility index (Phi) is 7.33. The van der Waals surface area contributed by atoms with Crippen LogP contribution in [-0.2, 0) is 7.05 Å². The van der Waals surface area contributed by atoms with E-state index in [0.717, 1.165) is 19.2 Å². The molecule has 0 aliphatic carbocycles. The van der Waals surface area contributed by atoms with Gasteiger partial charge in [-0.3, -0.25) is 4.98 Å². The average molecular weight is 539 g/mol. The number of pyridine rings is 1. The summed E-state index contributed by atoms with van der Waals surface area (Å²) in [6.07, 6.45) is -2.29. The van der Waals surface area contributed by atoms with Gasteiger partial charge in [-0.15, -0.1) is 0 Å². The molecule has 0 spiro atoms. The number of aliphatic hydroxyl groups is 1. The fourth-order valence-electron chi connectivity index (χ4n) is 3.94. The Balaban J connectivity index is 1.89. The van der Waals surface area contributed by atoms with Gasteiger partial charge in [0.05, 0.1) is 18.7 Å². The summed E-state index contributed by atoms with van der Waals surface area (Å²) in [6, 6.07) is 7.63. The number of nitrogens with one attached hydrogen (secondary N) is 1. The highest BCUT2D eigenvalue weighted by Gasteiger charge is 2.60. The number of ether oxygens (including phenoxy) is 1. The van der Waals surface area contributed by atoms with Crippen molar-refractivity contribution in [3.05, 3.63) is 77.8 Å². The number of aromatic nitrogens is 3. The Bertz CT molecular complexity index is 1430. The van der Waals surface area contributed by atoms with E-state index >= 15 is 4.39 Å². The first-order valence-electron chi connectivity index (χ1n) is 11.0. The summed E-state index contributed by atoms with van der Waals surface area (Å²) in [5, 5.41) is 14.7. The van der Waals surface area contributed by atoms with Gasteiger partial charge in [-0.1, -0.05) is 23.9 Å². The van der Waals surface area contributed by atoms with Gasteiger partial charge in [0.2, 0.25) is 0 Å². The van der Waals surface area contributed by atoms with E-state index in [0.29, 0.717) is 28.4 Å². The molecule has 2 aromatic carbocycles. The van der Waals surface area contributed by atoms with Crippen molar-refractivity contribution in [2.45, 2.75) is 29.9 Å². The molecule has 2 unspecified atom stereocenters. The lowest BCUT2D eigenvalue weighted by atomic mass is 9.88. The van der Waals surface area contributed by atoms with Crippen molar-refractivity contribution in [1.82, 2.24) is 14.5 Å². The second kappa shape index (κ2) is 10.2. The predicted molar refractivity (Wildman–Crippen MR) is 131 cm³/mol. The molecule has 0 saturated heterocycles. The maximum atomic E-state index is 15.4. The van der Waals surface area contributed by atoms with Crippen LogP contribution < -0.4 is 10.1 Å². The second-order valence-electron chi connectivity index (χ2n) is 8.42. The minimum absolute atomic E-state index is 0.169. The van der Waals surface area contributed by atoms with Crippen LogP contribution in [-0.4, -0.2) is 44.3 Å². The molecule has 0 aliphatic heterocycles. The molecule has 6 nitrogen and oxygen atoms in total. The zero-order valence-electron chi connectivity index (χ0n) is 20.0. The Hall–Kier alpha value is -3.38. The van der Waals surface area contributed by atoms with Gasteiger partial charge in [-0.2, -0.15) is 13.2 Å². The molecular formula is C25H23F5N4O2S. The van der Waals surface area contributed by atoms with Crippen molar-refractivity contribution < 1.29 is 31.8 Å². The van der Waals surface area contributed by atoms with E-state index in [1.807, 2.05) is 0 Å². The van der Waals surface area contributed by atoms with Crippen LogP contribution in [0.15, 0.2) is 60.0 Å². The van der Waals surface area contributed by atoms with Crippen molar-refractivity contribution in [1.29, 1.82) is 0 Å². The number of imidazole rings is 1. The van der Waals surface area contributed by atoms with E-state index in [9.17, 15) is 22.7 Å². The minimum Gasteiger partial charge on any atom is -0.491 e. The maximum absolute atomic E-state index is 15.4. The smallest absolute Gasteiger partial charge is 0.420 e. The molecule has 0 saturated carbocycles. The first kappa shape index (κ1) is 26.7. The summed E-state index contributed by atoms with van der Waals surface area (Å²) in [4.78, 5) is 8.38. The zero-order chi connectivity index (χ0) is 27.0. The van der Waals surface area contributed by atoms with Gasteiger partial charge in [-0.25, -0.2) is 13.8 Å². The Morgan fingerprint density at radius 2 is 1.89 bits per heavy atom. The van der Waals surface area contributed by atoms with Crippen LogP contribution in [0.25, 0.3) is 10.9 Å². The molecule has 0 aliphatic rings. The van der Waals surface area contributed by atoms with Crippen molar-refractivity contribution in [3.63, 3.8) is 0 Å². The summed E-state index contributed by atoms with van der Waals surface area (Å²) in [6.45, 7) is 1.76. The number of methoxy groups -OCH3 is 1. The number of fused-ring (bicyclic) bond motifs is 1. The van der Waals surface area contributed by atoms with Gasteiger partial charge >= 0.3 is 6.18 Å². The number of benzene rings is 2. The largest absolute Gasteiger partial charge is 0.491 e. The minimum atomic E-state index is -5.24. The summed E-state index contributed by atoms with van der Waals surface area (Å²) in [7, 11) is 2.59. The standard InChI is InChI=1S/C25H23F5N4O2S/c1-14-7-8-15-18(32-14)5-4-6-19(15)33-22(16-9-10-17(26)21(36-3)20(16)27)24(35,25(28,29)30)13-37-23-31-11-12-34(23)2/h4-12,22,33,35H,13H2,1-3H3. The van der Waals surface area contributed by atoms with Crippen molar-refractivity contribution in [3.8, 4) is 5.75 Å². The maximum Gasteiger partial charge on any atom is 0.420 e. The lowest BCUT2D eigenvalue weighted by Crippen LogP contribution is -2.55. The first-order valence-corrected chi connectivity index (χ1v) is 12.0. The van der Waals surface area contributed by atoms with Crippen molar-refractivity contribution in [2.75, 3.05) is 18.2 Å². The van der Waals surface area contributed by atoms with Crippen molar-refractivity contribution >= 4 is 28.4 Å². The molecule has 2 N–H and O–H groups in total. The number of thioether (sulfide) groups is 1. The summed E-state index contributed by atoms with van der Waals surface area (Å²) in [5.74, 6) is -4.26. The molecule has 2 atom stereocenters. The molecule has 196 valence electrons. The third-order valence-corrected chi connectivity index (χ3v) is 7.17. The summed E-state index contributed by atoms with van der Waals surface area (Å²) in [5.41, 5.74) is -2.82. The molecule has 4 aromatic rings. The highest BCUT2D eigenvalue weighted by atomic mass is 32.2. The quantitative estimate of drug-likeness (QED) is 0.218. The number of halogens is 5. The summed E-state index contributed by atoms with van der Waals surface area (Å²) >= 11 is 0.647. The number of alkyl halides is 3. The topological polar surface area (TPSA) is 72.2 Å². The highest BCUT2D eigenvalue weighted by molar-refractivity contribution is 7.99. The SMILES string of the molecule is COc1c(F)ccc(C(Nc2cccc3nc(C)ccc23)C(O)(CSc2nccn2C)C(F)(F)F)c1F. The first-order chi connectivity index (χ1) is 17.5. The molecule has 12 heteroatoms. The van der Waals surface area contributed by atoms with E-state index in [-0.39, 0.29) is 10.8 Å². The van der Waals surface area contributed by atoms with E-state index in [1.165, 1.54) is 16.8 Å². The molecule has 0 bridgehead atoms. The third kappa shape index (κ3) is 5.08. The van der Waals surface area contributed by atoms with Crippen LogP contribution in [0.5, 0.6) is 5.75 Å². The van der Waals surface area contributed by atoms with Crippen LogP contribution in [0.4, 0.5) is 27.6 Å². The van der Waals surface area contributed by atoms with Crippen LogP contribution in [0, 0.1) is 18.6 Å². The number of nitrogens with zero attached hydrogens (tertiary/aromatic N) is 3. The predicted octanol–water partition coefficient (Wildman–Crippen LogP) is 5.80. The number of hydrogen-bond acceptors (Lipinski definition) is 6. The monoisotopic (exact) mass is 538 g/mol. The molecule has 0 amide bonds. The third-order valence-electron chi connectivity index (χ3n) is 5.93. The Morgan fingerprint density at radius 3 is 2.54 bits per heavy atom. The van der Waals surface area contributed by atoms with E-state index < -0.39 is 46.5 Å². The molecule has 37 heavy (non-hydrogen) atoms. The van der Waals surface area contributed by atoms with Crippen LogP contribution in [0.2, 0.25) is 0 Å². The lowest BCUT2D eigenvalue weighted by Gasteiger charge is -2.39. The van der Waals surface area contributed by atoms with E-state index in [1.54, 1.807) is 44.4 Å². The van der Waals surface area contributed by atoms with Gasteiger partial charge in [0.15, 0.2) is 28.1 Å².